The Balaban J connectivity index is 2.24. The fourth-order valence-electron chi connectivity index (χ4n) is 2.16. The maximum Gasteiger partial charge on any atom is 0.269 e. The van der Waals surface area contributed by atoms with Crippen molar-refractivity contribution in [3.63, 3.8) is 0 Å². The van der Waals surface area contributed by atoms with E-state index in [-0.39, 0.29) is 18.7 Å². The number of methoxy groups -OCH3 is 1. The maximum absolute atomic E-state index is 12.5. The van der Waals surface area contributed by atoms with Crippen LogP contribution in [0.4, 0.5) is 0 Å². The second-order valence-corrected chi connectivity index (χ2v) is 6.77. The number of nitriles is 1. The van der Waals surface area contributed by atoms with Crippen LogP contribution in [-0.2, 0) is 22.7 Å². The summed E-state index contributed by atoms with van der Waals surface area (Å²) in [5, 5.41) is 15.0. The summed E-state index contributed by atoms with van der Waals surface area (Å²) in [5.74, 6) is -0.465. The van der Waals surface area contributed by atoms with Gasteiger partial charge in [-0.1, -0.05) is 6.07 Å². The van der Waals surface area contributed by atoms with Gasteiger partial charge in [0.2, 0.25) is 0 Å². The molecule has 1 amide bonds. The summed E-state index contributed by atoms with van der Waals surface area (Å²) in [6.45, 7) is 1.57. The Bertz CT molecular complexity index is 898. The zero-order valence-electron chi connectivity index (χ0n) is 13.6. The lowest BCUT2D eigenvalue weighted by atomic mass is 10.1. The molecule has 0 saturated heterocycles. The summed E-state index contributed by atoms with van der Waals surface area (Å²) in [7, 11) is 1.48. The summed E-state index contributed by atoms with van der Waals surface area (Å²) in [6, 6.07) is 5.62. The topological polar surface area (TPSA) is 96.5 Å². The molecule has 2 rings (SSSR count). The summed E-state index contributed by atoms with van der Waals surface area (Å²) in [5.41, 5.74) is 2.80. The van der Waals surface area contributed by atoms with E-state index in [9.17, 15) is 14.9 Å². The average Bonchev–Trinajstić information content (AvgIpc) is 3.10. The summed E-state index contributed by atoms with van der Waals surface area (Å²) < 4.78 is 6.85. The number of hydrazone groups is 1. The minimum absolute atomic E-state index is 0.0470. The van der Waals surface area contributed by atoms with E-state index in [0.29, 0.717) is 15.7 Å². The standard InChI is InChI=1S/C16H15BrN4O3S/c1-10-15(17)13(9-24-2)12(6-18)16(23)21(10)8-14(22)20-19-7-11-4-3-5-25-11/h3-5,7H,8-9H2,1-2H3,(H,20,22)/b19-7-. The molecule has 2 heterocycles. The van der Waals surface area contributed by atoms with Crippen LogP contribution < -0.4 is 11.0 Å². The van der Waals surface area contributed by atoms with Crippen molar-refractivity contribution >= 4 is 39.4 Å². The highest BCUT2D eigenvalue weighted by Gasteiger charge is 2.19. The molecule has 25 heavy (non-hydrogen) atoms. The molecule has 0 spiro atoms. The molecule has 2 aromatic heterocycles. The lowest BCUT2D eigenvalue weighted by Gasteiger charge is -2.15. The van der Waals surface area contributed by atoms with Gasteiger partial charge in [0.25, 0.3) is 11.5 Å². The van der Waals surface area contributed by atoms with Crippen LogP contribution in [0, 0.1) is 18.3 Å². The number of hydrogen-bond donors (Lipinski definition) is 1. The molecule has 1 N–H and O–H groups in total. The monoisotopic (exact) mass is 422 g/mol. The van der Waals surface area contributed by atoms with Crippen LogP contribution >= 0.6 is 27.3 Å². The van der Waals surface area contributed by atoms with Gasteiger partial charge in [0, 0.05) is 27.7 Å². The number of hydrogen-bond acceptors (Lipinski definition) is 6. The number of carbonyl (C=O) groups excluding carboxylic acids is 1. The van der Waals surface area contributed by atoms with Crippen LogP contribution in [0.1, 0.15) is 21.7 Å². The first-order valence-electron chi connectivity index (χ1n) is 7.15. The minimum atomic E-state index is -0.535. The Morgan fingerprint density at radius 2 is 2.36 bits per heavy atom. The number of amides is 1. The van der Waals surface area contributed by atoms with Crippen LogP contribution in [0.2, 0.25) is 0 Å². The molecule has 2 aromatic rings. The number of nitrogens with one attached hydrogen (secondary N) is 1. The highest BCUT2D eigenvalue weighted by Crippen LogP contribution is 2.23. The molecular formula is C16H15BrN4O3S. The normalized spacial score (nSPS) is 10.8. The first-order chi connectivity index (χ1) is 12.0. The first kappa shape index (κ1) is 19.1. The molecule has 0 aromatic carbocycles. The fraction of sp³-hybridized carbons (Fsp3) is 0.250. The van der Waals surface area contributed by atoms with E-state index >= 15 is 0 Å². The van der Waals surface area contributed by atoms with E-state index < -0.39 is 11.5 Å². The van der Waals surface area contributed by atoms with E-state index in [1.54, 1.807) is 6.92 Å². The number of halogens is 1. The Kier molecular flexibility index (Phi) is 6.64. The van der Waals surface area contributed by atoms with Crippen molar-refractivity contribution in [1.29, 1.82) is 5.26 Å². The van der Waals surface area contributed by atoms with Gasteiger partial charge in [0.1, 0.15) is 18.2 Å². The SMILES string of the molecule is COCc1c(Br)c(C)n(CC(=O)N/N=C\c2cccs2)c(=O)c1C#N. The van der Waals surface area contributed by atoms with Gasteiger partial charge >= 0.3 is 0 Å². The first-order valence-corrected chi connectivity index (χ1v) is 8.83. The Hall–Kier alpha value is -2.28. The van der Waals surface area contributed by atoms with Gasteiger partial charge in [-0.05, 0) is 34.3 Å². The van der Waals surface area contributed by atoms with E-state index in [4.69, 9.17) is 4.74 Å². The van der Waals surface area contributed by atoms with Gasteiger partial charge in [0.05, 0.1) is 12.8 Å². The van der Waals surface area contributed by atoms with Crippen LogP contribution in [0.5, 0.6) is 0 Å². The third-order valence-electron chi connectivity index (χ3n) is 3.37. The van der Waals surface area contributed by atoms with Gasteiger partial charge in [-0.3, -0.25) is 9.59 Å². The summed E-state index contributed by atoms with van der Waals surface area (Å²) in [4.78, 5) is 25.5. The van der Waals surface area contributed by atoms with Crippen molar-refractivity contribution in [3.05, 3.63) is 54.0 Å². The number of thiophene rings is 1. The largest absolute Gasteiger partial charge is 0.380 e. The Morgan fingerprint density at radius 3 is 2.96 bits per heavy atom. The summed E-state index contributed by atoms with van der Waals surface area (Å²) in [6.07, 6.45) is 1.52. The quantitative estimate of drug-likeness (QED) is 0.569. The Morgan fingerprint density at radius 1 is 1.60 bits per heavy atom. The molecule has 9 heteroatoms. The van der Waals surface area contributed by atoms with Crippen LogP contribution in [0.3, 0.4) is 0 Å². The third kappa shape index (κ3) is 4.42. The number of rotatable bonds is 6. The molecule has 0 saturated carbocycles. The molecule has 0 aliphatic heterocycles. The predicted molar refractivity (Wildman–Crippen MR) is 98.6 cm³/mol. The molecule has 7 nitrogen and oxygen atoms in total. The lowest BCUT2D eigenvalue weighted by molar-refractivity contribution is -0.121. The molecule has 0 aliphatic carbocycles. The van der Waals surface area contributed by atoms with Gasteiger partial charge in [0.15, 0.2) is 0 Å². The molecule has 0 aliphatic rings. The molecular weight excluding hydrogens is 408 g/mol. The molecule has 0 unspecified atom stereocenters. The third-order valence-corrected chi connectivity index (χ3v) is 5.23. The van der Waals surface area contributed by atoms with Crippen molar-refractivity contribution < 1.29 is 9.53 Å². The highest BCUT2D eigenvalue weighted by molar-refractivity contribution is 9.10. The number of ether oxygens (including phenoxy) is 1. The minimum Gasteiger partial charge on any atom is -0.380 e. The van der Waals surface area contributed by atoms with Gasteiger partial charge in [-0.15, -0.1) is 11.3 Å². The zero-order valence-corrected chi connectivity index (χ0v) is 16.0. The number of aromatic nitrogens is 1. The van der Waals surface area contributed by atoms with E-state index in [1.807, 2.05) is 23.6 Å². The molecule has 0 fully saturated rings. The lowest BCUT2D eigenvalue weighted by Crippen LogP contribution is -2.33. The zero-order chi connectivity index (χ0) is 18.4. The average molecular weight is 423 g/mol. The van der Waals surface area contributed by atoms with Crippen LogP contribution in [0.25, 0.3) is 0 Å². The van der Waals surface area contributed by atoms with Crippen molar-refractivity contribution in [2.75, 3.05) is 7.11 Å². The second kappa shape index (κ2) is 8.71. The number of pyridine rings is 1. The van der Waals surface area contributed by atoms with Crippen molar-refractivity contribution in [1.82, 2.24) is 9.99 Å². The van der Waals surface area contributed by atoms with Crippen molar-refractivity contribution in [2.45, 2.75) is 20.1 Å². The fourth-order valence-corrected chi connectivity index (χ4v) is 3.27. The molecule has 0 radical (unpaired) electrons. The molecule has 130 valence electrons. The number of carbonyl (C=O) groups is 1. The number of nitrogens with zero attached hydrogens (tertiary/aromatic N) is 3. The van der Waals surface area contributed by atoms with Gasteiger partial charge in [-0.2, -0.15) is 10.4 Å². The highest BCUT2D eigenvalue weighted by atomic mass is 79.9. The van der Waals surface area contributed by atoms with Crippen LogP contribution in [-0.4, -0.2) is 23.8 Å². The van der Waals surface area contributed by atoms with Crippen LogP contribution in [0.15, 0.2) is 31.9 Å². The molecule has 0 atom stereocenters. The van der Waals surface area contributed by atoms with Crippen molar-refractivity contribution in [2.24, 2.45) is 5.10 Å². The predicted octanol–water partition coefficient (Wildman–Crippen LogP) is 2.15. The summed E-state index contributed by atoms with van der Waals surface area (Å²) >= 11 is 4.86. The van der Waals surface area contributed by atoms with Gasteiger partial charge in [-0.25, -0.2) is 5.43 Å². The van der Waals surface area contributed by atoms with E-state index in [0.717, 1.165) is 4.88 Å². The maximum atomic E-state index is 12.5. The molecule has 0 bridgehead atoms. The van der Waals surface area contributed by atoms with E-state index in [2.05, 4.69) is 26.5 Å². The van der Waals surface area contributed by atoms with Crippen molar-refractivity contribution in [3.8, 4) is 6.07 Å². The smallest absolute Gasteiger partial charge is 0.269 e. The Labute approximate surface area is 156 Å². The van der Waals surface area contributed by atoms with Gasteiger partial charge < -0.3 is 9.30 Å². The second-order valence-electron chi connectivity index (χ2n) is 5.00. The van der Waals surface area contributed by atoms with E-state index in [1.165, 1.54) is 29.2 Å².